The summed E-state index contributed by atoms with van der Waals surface area (Å²) in [5, 5.41) is 10.4. The summed E-state index contributed by atoms with van der Waals surface area (Å²) in [6.45, 7) is 0.722. The van der Waals surface area contributed by atoms with E-state index >= 15 is 0 Å². The van der Waals surface area contributed by atoms with Crippen LogP contribution in [0, 0.1) is 0 Å². The molecule has 1 N–H and O–H groups in total. The van der Waals surface area contributed by atoms with Crippen molar-refractivity contribution in [2.45, 2.75) is 54.9 Å². The van der Waals surface area contributed by atoms with Gasteiger partial charge in [-0.05, 0) is 0 Å². The summed E-state index contributed by atoms with van der Waals surface area (Å²) >= 11 is 0. The highest BCUT2D eigenvalue weighted by molar-refractivity contribution is 5.24. The molecule has 4 atom stereocenters. The van der Waals surface area contributed by atoms with Crippen molar-refractivity contribution in [2.75, 3.05) is 13.2 Å². The van der Waals surface area contributed by atoms with Crippen LogP contribution in [0.3, 0.4) is 0 Å². The Morgan fingerprint density at radius 1 is 0.882 bits per heavy atom. The lowest BCUT2D eigenvalue weighted by molar-refractivity contribution is -0.546. The lowest BCUT2D eigenvalue weighted by Crippen LogP contribution is -2.89. The molecule has 1 aliphatic carbocycles. The largest absolute Gasteiger partial charge is 0.387 e. The predicted octanol–water partition coefficient (Wildman–Crippen LogP) is -0.854. The van der Waals surface area contributed by atoms with E-state index in [1.165, 1.54) is 0 Å². The summed E-state index contributed by atoms with van der Waals surface area (Å²) in [7, 11) is 0. The van der Waals surface area contributed by atoms with E-state index in [2.05, 4.69) is 0 Å². The highest BCUT2D eigenvalue weighted by Crippen LogP contribution is 2.59. The maximum atomic E-state index is 10.4. The van der Waals surface area contributed by atoms with Crippen LogP contribution in [0.4, 0.5) is 0 Å². The highest BCUT2D eigenvalue weighted by atomic mass is 16.9. The molecule has 5 saturated heterocycles. The molecular weight excluding hydrogens is 228 g/mol. The molecule has 0 aromatic rings. The highest BCUT2D eigenvalue weighted by Gasteiger charge is 2.78. The second kappa shape index (κ2) is 2.68. The fraction of sp³-hybridized carbons (Fsp3) is 1.00. The molecule has 6 heteroatoms. The molecule has 4 bridgehead atoms. The Morgan fingerprint density at radius 3 is 1.82 bits per heavy atom. The number of ether oxygens (including phenoxy) is 5. The van der Waals surface area contributed by atoms with Gasteiger partial charge in [-0.1, -0.05) is 0 Å². The van der Waals surface area contributed by atoms with Crippen LogP contribution in [0.2, 0.25) is 0 Å². The van der Waals surface area contributed by atoms with Gasteiger partial charge in [-0.3, -0.25) is 0 Å². The van der Waals surface area contributed by atoms with Crippen molar-refractivity contribution in [3.8, 4) is 0 Å². The van der Waals surface area contributed by atoms with Crippen molar-refractivity contribution in [1.29, 1.82) is 0 Å². The molecule has 0 unspecified atom stereocenters. The third-order valence-corrected chi connectivity index (χ3v) is 4.96. The van der Waals surface area contributed by atoms with Crippen LogP contribution in [0.25, 0.3) is 0 Å². The van der Waals surface area contributed by atoms with Gasteiger partial charge in [0.05, 0.1) is 13.2 Å². The van der Waals surface area contributed by atoms with Crippen molar-refractivity contribution >= 4 is 0 Å². The Balaban J connectivity index is 1.66. The van der Waals surface area contributed by atoms with Gasteiger partial charge in [-0.15, -0.1) is 0 Å². The van der Waals surface area contributed by atoms with Gasteiger partial charge in [0.2, 0.25) is 0 Å². The molecule has 6 rings (SSSR count). The smallest absolute Gasteiger partial charge is 0.273 e. The number of aliphatic hydroxyl groups excluding tert-OH is 1. The number of rotatable bonds is 0. The summed E-state index contributed by atoms with van der Waals surface area (Å²) in [4.78, 5) is 0. The van der Waals surface area contributed by atoms with Gasteiger partial charge in [-0.25, -0.2) is 0 Å². The molecule has 5 heterocycles. The van der Waals surface area contributed by atoms with Gasteiger partial charge in [0, 0.05) is 12.8 Å². The first-order chi connectivity index (χ1) is 8.26. The van der Waals surface area contributed by atoms with Crippen LogP contribution in [0.15, 0.2) is 0 Å². The number of hydrogen-bond donors (Lipinski definition) is 1. The Labute approximate surface area is 97.7 Å². The minimum atomic E-state index is -0.688. The molecule has 0 aromatic carbocycles. The standard InChI is InChI=1S/C11H14O6/c12-5-6-10(1-3-13-10)8-11(2-4-14-11)7(5)16-9(15-6)17-8/h5-9,12H,1-4H2/t5?,6-,7-,8?,9?,10+,11+/m1/s1. The zero-order valence-electron chi connectivity index (χ0n) is 9.20. The summed E-state index contributed by atoms with van der Waals surface area (Å²) in [6, 6.07) is 0. The van der Waals surface area contributed by atoms with Crippen molar-refractivity contribution in [1.82, 2.24) is 0 Å². The monoisotopic (exact) mass is 242 g/mol. The zero-order chi connectivity index (χ0) is 11.3. The lowest BCUT2D eigenvalue weighted by Gasteiger charge is -2.71. The molecule has 0 radical (unpaired) electrons. The molecule has 1 saturated carbocycles. The zero-order valence-corrected chi connectivity index (χ0v) is 9.20. The van der Waals surface area contributed by atoms with Crippen LogP contribution in [0.5, 0.6) is 0 Å². The third kappa shape index (κ3) is 0.836. The first kappa shape index (κ1) is 9.66. The van der Waals surface area contributed by atoms with Gasteiger partial charge in [0.25, 0.3) is 6.48 Å². The summed E-state index contributed by atoms with van der Waals surface area (Å²) in [5.74, 6) is 0. The van der Waals surface area contributed by atoms with Crippen LogP contribution in [-0.2, 0) is 23.7 Å². The predicted molar refractivity (Wildman–Crippen MR) is 51.0 cm³/mol. The Bertz CT molecular complexity index is 344. The van der Waals surface area contributed by atoms with Crippen LogP contribution >= 0.6 is 0 Å². The Kier molecular flexibility index (Phi) is 1.53. The molecule has 6 nitrogen and oxygen atoms in total. The summed E-state index contributed by atoms with van der Waals surface area (Å²) < 4.78 is 28.4. The fourth-order valence-corrected chi connectivity index (χ4v) is 4.06. The SMILES string of the molecule is OC1[C@H]2OC3OC([C@]24CCO4)[C@]2(CCO2)[C@@H]1O3. The van der Waals surface area contributed by atoms with E-state index in [1.807, 2.05) is 0 Å². The molecular formula is C11H14O6. The third-order valence-electron chi connectivity index (χ3n) is 4.96. The second-order valence-corrected chi connectivity index (χ2v) is 5.52. The maximum absolute atomic E-state index is 10.4. The van der Waals surface area contributed by atoms with E-state index in [1.54, 1.807) is 0 Å². The lowest BCUT2D eigenvalue weighted by atomic mass is 9.60. The van der Waals surface area contributed by atoms with Crippen molar-refractivity contribution in [2.24, 2.45) is 0 Å². The molecule has 0 aromatic heterocycles. The summed E-state index contributed by atoms with van der Waals surface area (Å²) in [5.41, 5.74) is -1.03. The average Bonchev–Trinajstić information content (AvgIpc) is 2.20. The molecule has 6 fully saturated rings. The summed E-state index contributed by atoms with van der Waals surface area (Å²) in [6.07, 6.45) is 0.172. The second-order valence-electron chi connectivity index (χ2n) is 5.52. The molecule has 17 heavy (non-hydrogen) atoms. The number of aliphatic hydroxyl groups is 1. The molecule has 0 amide bonds. The quantitative estimate of drug-likeness (QED) is 0.596. The first-order valence-corrected chi connectivity index (χ1v) is 6.19. The van der Waals surface area contributed by atoms with Crippen molar-refractivity contribution in [3.63, 3.8) is 0 Å². The minimum Gasteiger partial charge on any atom is -0.387 e. The van der Waals surface area contributed by atoms with E-state index in [-0.39, 0.29) is 18.3 Å². The normalized spacial score (nSPS) is 67.2. The maximum Gasteiger partial charge on any atom is 0.273 e. The van der Waals surface area contributed by atoms with Crippen molar-refractivity contribution < 1.29 is 28.8 Å². The minimum absolute atomic E-state index is 0.164. The topological polar surface area (TPSA) is 66.4 Å². The van der Waals surface area contributed by atoms with Crippen LogP contribution in [-0.4, -0.2) is 60.4 Å². The van der Waals surface area contributed by atoms with Gasteiger partial charge < -0.3 is 28.8 Å². The fourth-order valence-electron chi connectivity index (χ4n) is 4.06. The Morgan fingerprint density at radius 2 is 1.41 bits per heavy atom. The average molecular weight is 242 g/mol. The van der Waals surface area contributed by atoms with Gasteiger partial charge >= 0.3 is 0 Å². The van der Waals surface area contributed by atoms with Crippen LogP contribution < -0.4 is 0 Å². The van der Waals surface area contributed by atoms with E-state index in [0.29, 0.717) is 13.2 Å². The van der Waals surface area contributed by atoms with Gasteiger partial charge in [0.15, 0.2) is 0 Å². The van der Waals surface area contributed by atoms with E-state index in [4.69, 9.17) is 23.7 Å². The van der Waals surface area contributed by atoms with Crippen molar-refractivity contribution in [3.05, 3.63) is 0 Å². The molecule has 2 spiro atoms. The first-order valence-electron chi connectivity index (χ1n) is 6.19. The van der Waals surface area contributed by atoms with E-state index < -0.39 is 23.8 Å². The van der Waals surface area contributed by atoms with Gasteiger partial charge in [-0.2, -0.15) is 0 Å². The molecule has 6 aliphatic rings. The van der Waals surface area contributed by atoms with E-state index in [9.17, 15) is 5.11 Å². The number of hydrogen-bond acceptors (Lipinski definition) is 6. The Hall–Kier alpha value is -0.240. The molecule has 5 aliphatic heterocycles. The molecule has 94 valence electrons. The van der Waals surface area contributed by atoms with Crippen LogP contribution in [0.1, 0.15) is 12.8 Å². The van der Waals surface area contributed by atoms with E-state index in [0.717, 1.165) is 12.8 Å². The van der Waals surface area contributed by atoms with Gasteiger partial charge in [0.1, 0.15) is 35.6 Å².